The van der Waals surface area contributed by atoms with E-state index in [2.05, 4.69) is 62.4 Å². The highest BCUT2D eigenvalue weighted by atomic mass is 35.5. The Morgan fingerprint density at radius 3 is 1.84 bits per heavy atom. The third kappa shape index (κ3) is 3.39. The number of alkyl halides is 1. The minimum absolute atomic E-state index is 0.125. The molecule has 0 N–H and O–H groups in total. The Labute approximate surface area is 121 Å². The Hall–Kier alpha value is -1.27. The van der Waals surface area contributed by atoms with Gasteiger partial charge in [0.2, 0.25) is 0 Å². The van der Waals surface area contributed by atoms with Gasteiger partial charge in [-0.3, -0.25) is 0 Å². The van der Waals surface area contributed by atoms with Gasteiger partial charge in [-0.1, -0.05) is 81.3 Å². The molecule has 19 heavy (non-hydrogen) atoms. The summed E-state index contributed by atoms with van der Waals surface area (Å²) in [6.07, 6.45) is 2.26. The summed E-state index contributed by atoms with van der Waals surface area (Å²) in [6.45, 7) is 4.42. The molecular formula is C18H21Cl. The van der Waals surface area contributed by atoms with Gasteiger partial charge < -0.3 is 0 Å². The van der Waals surface area contributed by atoms with Gasteiger partial charge in [-0.2, -0.15) is 0 Å². The van der Waals surface area contributed by atoms with Crippen molar-refractivity contribution in [2.24, 2.45) is 5.92 Å². The fraction of sp³-hybridized carbons (Fsp3) is 0.333. The first-order chi connectivity index (χ1) is 9.26. The molecule has 0 radical (unpaired) electrons. The molecule has 0 amide bonds. The summed E-state index contributed by atoms with van der Waals surface area (Å²) in [7, 11) is 0. The molecule has 2 aromatic carbocycles. The highest BCUT2D eigenvalue weighted by molar-refractivity contribution is 6.21. The van der Waals surface area contributed by atoms with Gasteiger partial charge in [0, 0.05) is 0 Å². The van der Waals surface area contributed by atoms with Gasteiger partial charge in [0.25, 0.3) is 0 Å². The van der Waals surface area contributed by atoms with Crippen LogP contribution < -0.4 is 0 Å². The third-order valence-corrected chi connectivity index (χ3v) is 4.41. The van der Waals surface area contributed by atoms with Crippen molar-refractivity contribution in [3.63, 3.8) is 0 Å². The van der Waals surface area contributed by atoms with E-state index in [1.54, 1.807) is 0 Å². The molecule has 2 rings (SSSR count). The van der Waals surface area contributed by atoms with Gasteiger partial charge in [-0.25, -0.2) is 0 Å². The van der Waals surface area contributed by atoms with Crippen molar-refractivity contribution in [3.05, 3.63) is 60.2 Å². The predicted octanol–water partition coefficient (Wildman–Crippen LogP) is 6.07. The molecule has 0 bridgehead atoms. The van der Waals surface area contributed by atoms with Gasteiger partial charge in [-0.15, -0.1) is 11.6 Å². The molecule has 0 saturated carbocycles. The SMILES string of the molecule is CCC(CC)C(Cl)c1ccc(-c2ccccc2)cc1. The zero-order valence-corrected chi connectivity index (χ0v) is 12.4. The zero-order chi connectivity index (χ0) is 13.7. The largest absolute Gasteiger partial charge is 0.118 e. The van der Waals surface area contributed by atoms with Crippen LogP contribution in [0.3, 0.4) is 0 Å². The molecule has 2 aromatic rings. The second kappa shape index (κ2) is 6.77. The second-order valence-corrected chi connectivity index (χ2v) is 5.44. The molecule has 1 atom stereocenters. The Bertz CT molecular complexity index is 483. The lowest BCUT2D eigenvalue weighted by Gasteiger charge is -2.19. The van der Waals surface area contributed by atoms with Gasteiger partial charge in [0.1, 0.15) is 0 Å². The highest BCUT2D eigenvalue weighted by Gasteiger charge is 2.17. The van der Waals surface area contributed by atoms with E-state index in [1.807, 2.05) is 6.07 Å². The first-order valence-electron chi connectivity index (χ1n) is 7.05. The Morgan fingerprint density at radius 2 is 1.32 bits per heavy atom. The number of rotatable bonds is 5. The van der Waals surface area contributed by atoms with Crippen molar-refractivity contribution in [2.75, 3.05) is 0 Å². The summed E-state index contributed by atoms with van der Waals surface area (Å²) >= 11 is 6.57. The summed E-state index contributed by atoms with van der Waals surface area (Å²) in [5, 5.41) is 0.125. The van der Waals surface area contributed by atoms with Crippen LogP contribution in [0.5, 0.6) is 0 Å². The van der Waals surface area contributed by atoms with Crippen LogP contribution in [0.4, 0.5) is 0 Å². The molecule has 0 aromatic heterocycles. The van der Waals surface area contributed by atoms with Crippen molar-refractivity contribution in [1.29, 1.82) is 0 Å². The van der Waals surface area contributed by atoms with Gasteiger partial charge in [0.15, 0.2) is 0 Å². The molecule has 0 aliphatic rings. The molecule has 0 nitrogen and oxygen atoms in total. The van der Waals surface area contributed by atoms with E-state index in [0.29, 0.717) is 5.92 Å². The van der Waals surface area contributed by atoms with E-state index >= 15 is 0 Å². The number of hydrogen-bond donors (Lipinski definition) is 0. The van der Waals surface area contributed by atoms with Crippen molar-refractivity contribution >= 4 is 11.6 Å². The van der Waals surface area contributed by atoms with E-state index in [0.717, 1.165) is 12.8 Å². The highest BCUT2D eigenvalue weighted by Crippen LogP contribution is 2.34. The van der Waals surface area contributed by atoms with Crippen LogP contribution in [0.25, 0.3) is 11.1 Å². The Morgan fingerprint density at radius 1 is 0.789 bits per heavy atom. The lowest BCUT2D eigenvalue weighted by atomic mass is 9.93. The summed E-state index contributed by atoms with van der Waals surface area (Å²) in [6, 6.07) is 19.1. The Balaban J connectivity index is 2.19. The van der Waals surface area contributed by atoms with Crippen molar-refractivity contribution < 1.29 is 0 Å². The molecule has 0 aliphatic carbocycles. The third-order valence-electron chi connectivity index (χ3n) is 3.80. The first-order valence-corrected chi connectivity index (χ1v) is 7.49. The molecular weight excluding hydrogens is 252 g/mol. The maximum atomic E-state index is 6.57. The zero-order valence-electron chi connectivity index (χ0n) is 11.6. The van der Waals surface area contributed by atoms with E-state index in [4.69, 9.17) is 11.6 Å². The molecule has 0 fully saturated rings. The number of hydrogen-bond acceptors (Lipinski definition) is 0. The van der Waals surface area contributed by atoms with Crippen LogP contribution in [-0.4, -0.2) is 0 Å². The summed E-state index contributed by atoms with van der Waals surface area (Å²) in [4.78, 5) is 0. The summed E-state index contributed by atoms with van der Waals surface area (Å²) < 4.78 is 0. The minimum Gasteiger partial charge on any atom is -0.118 e. The maximum Gasteiger partial charge on any atom is 0.0613 e. The monoisotopic (exact) mass is 272 g/mol. The Kier molecular flexibility index (Phi) is 5.04. The normalized spacial score (nSPS) is 12.6. The van der Waals surface area contributed by atoms with Crippen LogP contribution in [0.15, 0.2) is 54.6 Å². The van der Waals surface area contributed by atoms with Gasteiger partial charge in [0.05, 0.1) is 5.38 Å². The van der Waals surface area contributed by atoms with E-state index < -0.39 is 0 Å². The van der Waals surface area contributed by atoms with Gasteiger partial charge in [-0.05, 0) is 22.6 Å². The lowest BCUT2D eigenvalue weighted by Crippen LogP contribution is -2.05. The van der Waals surface area contributed by atoms with Crippen LogP contribution in [0.2, 0.25) is 0 Å². The molecule has 0 heterocycles. The molecule has 100 valence electrons. The molecule has 1 heteroatoms. The van der Waals surface area contributed by atoms with E-state index in [-0.39, 0.29) is 5.38 Å². The van der Waals surface area contributed by atoms with E-state index in [1.165, 1.54) is 16.7 Å². The first kappa shape index (κ1) is 14.1. The number of halogens is 1. The molecule has 0 spiro atoms. The second-order valence-electron chi connectivity index (χ2n) is 4.97. The topological polar surface area (TPSA) is 0 Å². The van der Waals surface area contributed by atoms with E-state index in [9.17, 15) is 0 Å². The maximum absolute atomic E-state index is 6.57. The van der Waals surface area contributed by atoms with Crippen LogP contribution >= 0.6 is 11.6 Å². The average Bonchev–Trinajstić information content (AvgIpc) is 2.49. The minimum atomic E-state index is 0.125. The smallest absolute Gasteiger partial charge is 0.0613 e. The summed E-state index contributed by atoms with van der Waals surface area (Å²) in [5.74, 6) is 0.559. The standard InChI is InChI=1S/C18H21Cl/c1-3-14(4-2)18(19)17-12-10-16(11-13-17)15-8-6-5-7-9-15/h5-14,18H,3-4H2,1-2H3. The lowest BCUT2D eigenvalue weighted by molar-refractivity contribution is 0.476. The van der Waals surface area contributed by atoms with Crippen LogP contribution in [0, 0.1) is 5.92 Å². The van der Waals surface area contributed by atoms with Gasteiger partial charge >= 0.3 is 0 Å². The molecule has 0 saturated heterocycles. The van der Waals surface area contributed by atoms with Crippen molar-refractivity contribution in [2.45, 2.75) is 32.1 Å². The quantitative estimate of drug-likeness (QED) is 0.580. The van der Waals surface area contributed by atoms with Crippen LogP contribution in [0.1, 0.15) is 37.6 Å². The van der Waals surface area contributed by atoms with Crippen molar-refractivity contribution in [3.8, 4) is 11.1 Å². The van der Waals surface area contributed by atoms with Crippen LogP contribution in [-0.2, 0) is 0 Å². The average molecular weight is 273 g/mol. The van der Waals surface area contributed by atoms with Crippen molar-refractivity contribution in [1.82, 2.24) is 0 Å². The fourth-order valence-corrected chi connectivity index (χ4v) is 2.97. The molecule has 0 aliphatic heterocycles. The molecule has 1 unspecified atom stereocenters. The summed E-state index contributed by atoms with van der Waals surface area (Å²) in [5.41, 5.74) is 3.73. The number of benzene rings is 2. The fourth-order valence-electron chi connectivity index (χ4n) is 2.46. The predicted molar refractivity (Wildman–Crippen MR) is 84.5 cm³/mol.